The molecule has 12 heteroatoms. The zero-order chi connectivity index (χ0) is 36.5. The Morgan fingerprint density at radius 1 is 0.849 bits per heavy atom. The number of carbonyl (C=O) groups excluding carboxylic acids is 1. The molecular formula is C41H40FN7O4. The first-order chi connectivity index (χ1) is 25.8. The Morgan fingerprint density at radius 2 is 1.66 bits per heavy atom. The van der Waals surface area contributed by atoms with Crippen molar-refractivity contribution in [3.05, 3.63) is 139 Å². The average Bonchev–Trinajstić information content (AvgIpc) is 3.45. The van der Waals surface area contributed by atoms with Crippen LogP contribution in [0.1, 0.15) is 54.2 Å². The number of nitrogens with zero attached hydrogens (tertiary/aromatic N) is 4. The van der Waals surface area contributed by atoms with Crippen molar-refractivity contribution in [1.82, 2.24) is 34.6 Å². The molecule has 1 aliphatic carbocycles. The van der Waals surface area contributed by atoms with Crippen molar-refractivity contribution in [2.75, 3.05) is 26.2 Å². The molecular weight excluding hydrogens is 673 g/mol. The highest BCUT2D eigenvalue weighted by Gasteiger charge is 2.28. The van der Waals surface area contributed by atoms with E-state index in [1.54, 1.807) is 30.3 Å². The first kappa shape index (κ1) is 34.4. The number of H-pyrrole nitrogens is 1. The first-order valence-corrected chi connectivity index (χ1v) is 18.2. The smallest absolute Gasteiger partial charge is 0.337 e. The molecule has 1 aliphatic heterocycles. The van der Waals surface area contributed by atoms with Gasteiger partial charge in [0.1, 0.15) is 11.5 Å². The third kappa shape index (κ3) is 7.07. The van der Waals surface area contributed by atoms with Crippen LogP contribution in [0.3, 0.4) is 0 Å². The van der Waals surface area contributed by atoms with E-state index >= 15 is 0 Å². The molecule has 11 nitrogen and oxygen atoms in total. The van der Waals surface area contributed by atoms with Gasteiger partial charge in [0, 0.05) is 48.7 Å². The number of aromatic amines is 1. The summed E-state index contributed by atoms with van der Waals surface area (Å²) in [5.74, 6) is -1.07. The van der Waals surface area contributed by atoms with E-state index in [0.29, 0.717) is 42.3 Å². The average molecular weight is 714 g/mol. The van der Waals surface area contributed by atoms with Crippen LogP contribution in [0.15, 0.2) is 106 Å². The molecule has 3 aromatic heterocycles. The van der Waals surface area contributed by atoms with Crippen LogP contribution in [0.5, 0.6) is 0 Å². The second-order valence-corrected chi connectivity index (χ2v) is 14.0. The summed E-state index contributed by atoms with van der Waals surface area (Å²) in [5, 5.41) is 6.97. The number of para-hydroxylation sites is 1. The number of nitrogens with one attached hydrogen (secondary N) is 3. The lowest BCUT2D eigenvalue weighted by atomic mass is 9.90. The summed E-state index contributed by atoms with van der Waals surface area (Å²) >= 11 is 0. The standard InChI is InChI=1S/C41H40FN7O4/c42-29-22-34-38(44-24-29)48(32-6-3-5-28(21-32)27-11-9-26(10-12-27)25-47-19-4-17-43-18-20-47)41(53)49(40(34)52)31-15-13-30(14-16-31)45-39(51)36-23-37(50)33-7-1-2-8-35(33)46-36/h1-3,5-12,21-24,30-31,43H,4,13-20,25H2,(H,45,51)(H,46,50)/t30-,31+. The number of hydrogen-bond donors (Lipinski definition) is 3. The van der Waals surface area contributed by atoms with Crippen molar-refractivity contribution in [1.29, 1.82) is 0 Å². The third-order valence-electron chi connectivity index (χ3n) is 10.5. The maximum absolute atomic E-state index is 14.6. The van der Waals surface area contributed by atoms with Gasteiger partial charge in [0.25, 0.3) is 11.5 Å². The van der Waals surface area contributed by atoms with Crippen LogP contribution in [0.4, 0.5) is 4.39 Å². The molecule has 1 saturated carbocycles. The SMILES string of the molecule is O=C(N[C@H]1CC[C@@H](n2c(=O)c3cc(F)cnc3n(-c3cccc(-c4ccc(CN5CCCNCC5)cc4)c3)c2=O)CC1)c1cc(=O)c2ccccc2[nH]1. The van der Waals surface area contributed by atoms with E-state index in [1.165, 1.54) is 20.8 Å². The van der Waals surface area contributed by atoms with Crippen LogP contribution < -0.4 is 27.3 Å². The fourth-order valence-electron chi connectivity index (χ4n) is 7.74. The van der Waals surface area contributed by atoms with Crippen LogP contribution in [-0.4, -0.2) is 62.1 Å². The molecule has 0 radical (unpaired) electrons. The molecule has 3 N–H and O–H groups in total. The van der Waals surface area contributed by atoms with E-state index in [2.05, 4.69) is 49.8 Å². The predicted octanol–water partition coefficient (Wildman–Crippen LogP) is 4.90. The summed E-state index contributed by atoms with van der Waals surface area (Å²) in [5.41, 5.74) is 3.04. The number of rotatable bonds is 7. The Labute approximate surface area is 304 Å². The number of hydrogen-bond acceptors (Lipinski definition) is 7. The van der Waals surface area contributed by atoms with Gasteiger partial charge in [0.15, 0.2) is 11.1 Å². The third-order valence-corrected chi connectivity index (χ3v) is 10.5. The number of halogens is 1. The molecule has 0 spiro atoms. The minimum atomic E-state index is -0.671. The van der Waals surface area contributed by atoms with Crippen molar-refractivity contribution in [2.24, 2.45) is 0 Å². The summed E-state index contributed by atoms with van der Waals surface area (Å²) in [4.78, 5) is 63.7. The van der Waals surface area contributed by atoms with Crippen LogP contribution in [-0.2, 0) is 6.54 Å². The molecule has 1 saturated heterocycles. The second-order valence-electron chi connectivity index (χ2n) is 14.0. The van der Waals surface area contributed by atoms with Gasteiger partial charge >= 0.3 is 5.69 Å². The summed E-state index contributed by atoms with van der Waals surface area (Å²) < 4.78 is 17.2. The highest BCUT2D eigenvalue weighted by molar-refractivity contribution is 5.95. The lowest BCUT2D eigenvalue weighted by molar-refractivity contribution is 0.0917. The van der Waals surface area contributed by atoms with Gasteiger partial charge in [-0.15, -0.1) is 0 Å². The summed E-state index contributed by atoms with van der Waals surface area (Å²) in [7, 11) is 0. The van der Waals surface area contributed by atoms with E-state index in [0.717, 1.165) is 62.5 Å². The molecule has 270 valence electrons. The minimum Gasteiger partial charge on any atom is -0.350 e. The van der Waals surface area contributed by atoms with Gasteiger partial charge in [-0.05, 0) is 92.2 Å². The number of amides is 1. The molecule has 4 heterocycles. The van der Waals surface area contributed by atoms with Gasteiger partial charge < -0.3 is 15.6 Å². The van der Waals surface area contributed by atoms with Gasteiger partial charge in [0.05, 0.1) is 17.3 Å². The minimum absolute atomic E-state index is 0.0127. The second kappa shape index (κ2) is 14.7. The Kier molecular flexibility index (Phi) is 9.55. The lowest BCUT2D eigenvalue weighted by Crippen LogP contribution is -2.45. The van der Waals surface area contributed by atoms with E-state index in [-0.39, 0.29) is 28.2 Å². The van der Waals surface area contributed by atoms with Crippen LogP contribution >= 0.6 is 0 Å². The van der Waals surface area contributed by atoms with Crippen LogP contribution in [0, 0.1) is 5.82 Å². The van der Waals surface area contributed by atoms with Gasteiger partial charge in [-0.1, -0.05) is 48.5 Å². The molecule has 2 fully saturated rings. The summed E-state index contributed by atoms with van der Waals surface area (Å²) in [6.45, 7) is 4.99. The number of pyridine rings is 2. The topological polar surface area (TPSA) is 134 Å². The number of fused-ring (bicyclic) bond motifs is 2. The molecule has 3 aromatic carbocycles. The maximum atomic E-state index is 14.6. The Hall–Kier alpha value is -5.72. The molecule has 53 heavy (non-hydrogen) atoms. The number of benzene rings is 3. The Morgan fingerprint density at radius 3 is 2.49 bits per heavy atom. The zero-order valence-electron chi connectivity index (χ0n) is 29.2. The molecule has 0 bridgehead atoms. The Bertz CT molecular complexity index is 2490. The lowest BCUT2D eigenvalue weighted by Gasteiger charge is -2.30. The molecule has 2 aliphatic rings. The van der Waals surface area contributed by atoms with Gasteiger partial charge in [-0.25, -0.2) is 18.7 Å². The largest absolute Gasteiger partial charge is 0.350 e. The van der Waals surface area contributed by atoms with Crippen LogP contribution in [0.25, 0.3) is 38.8 Å². The number of aromatic nitrogens is 4. The molecule has 1 amide bonds. The van der Waals surface area contributed by atoms with Crippen molar-refractivity contribution >= 4 is 27.8 Å². The Balaban J connectivity index is 1.05. The molecule has 8 rings (SSSR count). The zero-order valence-corrected chi connectivity index (χ0v) is 29.2. The fraction of sp³-hybridized carbons (Fsp3) is 0.293. The molecule has 0 unspecified atom stereocenters. The van der Waals surface area contributed by atoms with E-state index < -0.39 is 29.0 Å². The fourth-order valence-corrected chi connectivity index (χ4v) is 7.74. The van der Waals surface area contributed by atoms with Crippen molar-refractivity contribution in [3.8, 4) is 16.8 Å². The van der Waals surface area contributed by atoms with Gasteiger partial charge in [0.2, 0.25) is 0 Å². The van der Waals surface area contributed by atoms with Crippen molar-refractivity contribution < 1.29 is 9.18 Å². The highest BCUT2D eigenvalue weighted by atomic mass is 19.1. The van der Waals surface area contributed by atoms with Gasteiger partial charge in [-0.2, -0.15) is 0 Å². The van der Waals surface area contributed by atoms with Crippen molar-refractivity contribution in [3.63, 3.8) is 0 Å². The van der Waals surface area contributed by atoms with Crippen LogP contribution in [0.2, 0.25) is 0 Å². The molecule has 6 aromatic rings. The van der Waals surface area contributed by atoms with E-state index in [9.17, 15) is 23.6 Å². The summed E-state index contributed by atoms with van der Waals surface area (Å²) in [6, 6.07) is 24.7. The molecule has 0 atom stereocenters. The normalized spacial score (nSPS) is 18.2. The highest BCUT2D eigenvalue weighted by Crippen LogP contribution is 2.29. The van der Waals surface area contributed by atoms with E-state index in [4.69, 9.17) is 0 Å². The van der Waals surface area contributed by atoms with E-state index in [1.807, 2.05) is 18.2 Å². The maximum Gasteiger partial charge on any atom is 0.337 e. The monoisotopic (exact) mass is 713 g/mol. The quantitative estimate of drug-likeness (QED) is 0.214. The van der Waals surface area contributed by atoms with Gasteiger partial charge in [-0.3, -0.25) is 23.9 Å². The summed E-state index contributed by atoms with van der Waals surface area (Å²) in [6.07, 6.45) is 4.01. The number of carbonyl (C=O) groups is 1. The van der Waals surface area contributed by atoms with Crippen molar-refractivity contribution in [2.45, 2.75) is 50.7 Å². The predicted molar refractivity (Wildman–Crippen MR) is 203 cm³/mol. The first-order valence-electron chi connectivity index (χ1n) is 18.2.